The molecule has 0 heterocycles. The van der Waals surface area contributed by atoms with Crippen LogP contribution in [0.1, 0.15) is 89.9 Å². The monoisotopic (exact) mass is 302 g/mol. The summed E-state index contributed by atoms with van der Waals surface area (Å²) in [5.41, 5.74) is 0. The lowest BCUT2D eigenvalue weighted by Gasteiger charge is -2.09. The lowest BCUT2D eigenvalue weighted by molar-refractivity contribution is 0.141. The molecule has 3 N–H and O–H groups in total. The molecule has 0 unspecified atom stereocenters. The molecule has 0 aliphatic rings. The third-order valence-electron chi connectivity index (χ3n) is 4.29. The smallest absolute Gasteiger partial charge is 0.0481 e. The molecule has 0 rings (SSSR count). The van der Waals surface area contributed by atoms with Crippen LogP contribution in [-0.2, 0) is 0 Å². The minimum atomic E-state index is 0.0994. The first kappa shape index (κ1) is 20.9. The predicted molar refractivity (Wildman–Crippen MR) is 89.4 cm³/mol. The molecule has 128 valence electrons. The zero-order valence-electron chi connectivity index (χ0n) is 13.9. The summed E-state index contributed by atoms with van der Waals surface area (Å²) in [6.07, 6.45) is 17.6. The predicted octanol–water partition coefficient (Wildman–Crippen LogP) is 4.04. The average molecular weight is 302 g/mol. The summed E-state index contributed by atoms with van der Waals surface area (Å²) >= 11 is 0. The Kier molecular flexibility index (Phi) is 17.8. The van der Waals surface area contributed by atoms with Crippen molar-refractivity contribution >= 4 is 0 Å². The molecule has 21 heavy (non-hydrogen) atoms. The van der Waals surface area contributed by atoms with Gasteiger partial charge in [0.2, 0.25) is 0 Å². The van der Waals surface area contributed by atoms with Crippen molar-refractivity contribution in [3.05, 3.63) is 0 Å². The second-order valence-corrected chi connectivity index (χ2v) is 6.34. The molecule has 3 heteroatoms. The first-order chi connectivity index (χ1) is 10.3. The van der Waals surface area contributed by atoms with Gasteiger partial charge in [-0.15, -0.1) is 0 Å². The Morgan fingerprint density at radius 3 is 1.10 bits per heavy atom. The van der Waals surface area contributed by atoms with E-state index < -0.39 is 0 Å². The molecule has 0 saturated heterocycles. The maximum Gasteiger partial charge on any atom is 0.0481 e. The van der Waals surface area contributed by atoms with Crippen LogP contribution in [0.25, 0.3) is 0 Å². The lowest BCUT2D eigenvalue weighted by Crippen LogP contribution is -2.10. The number of hydrogen-bond acceptors (Lipinski definition) is 3. The van der Waals surface area contributed by atoms with E-state index >= 15 is 0 Å². The summed E-state index contributed by atoms with van der Waals surface area (Å²) in [6, 6.07) is 0. The van der Waals surface area contributed by atoms with Gasteiger partial charge in [-0.2, -0.15) is 0 Å². The molecule has 0 bridgehead atoms. The van der Waals surface area contributed by atoms with Gasteiger partial charge in [-0.1, -0.05) is 77.0 Å². The average Bonchev–Trinajstić information content (AvgIpc) is 2.51. The van der Waals surface area contributed by atoms with Crippen molar-refractivity contribution < 1.29 is 15.3 Å². The van der Waals surface area contributed by atoms with E-state index in [2.05, 4.69) is 0 Å². The molecular weight excluding hydrogens is 264 g/mol. The van der Waals surface area contributed by atoms with Gasteiger partial charge in [-0.05, 0) is 12.8 Å². The quantitative estimate of drug-likeness (QED) is 0.355. The summed E-state index contributed by atoms with van der Waals surface area (Å²) in [4.78, 5) is 0. The summed E-state index contributed by atoms with van der Waals surface area (Å²) in [5.74, 6) is 0.0994. The van der Waals surface area contributed by atoms with E-state index in [1.807, 2.05) is 0 Å². The number of aliphatic hydroxyl groups is 3. The second kappa shape index (κ2) is 17.9. The Morgan fingerprint density at radius 1 is 0.429 bits per heavy atom. The standard InChI is InChI=1S/C18H38O3/c19-15-13-11-9-7-5-3-1-2-4-6-8-10-12-14-18(16-20)17-21/h18-21H,1-17H2. The van der Waals surface area contributed by atoms with Gasteiger partial charge in [0.05, 0.1) is 0 Å². The van der Waals surface area contributed by atoms with Crippen molar-refractivity contribution in [3.8, 4) is 0 Å². The highest BCUT2D eigenvalue weighted by molar-refractivity contribution is 4.56. The third-order valence-corrected chi connectivity index (χ3v) is 4.29. The van der Waals surface area contributed by atoms with E-state index in [0.717, 1.165) is 19.3 Å². The highest BCUT2D eigenvalue weighted by atomic mass is 16.3. The maximum atomic E-state index is 8.96. The van der Waals surface area contributed by atoms with Crippen LogP contribution in [0.2, 0.25) is 0 Å². The van der Waals surface area contributed by atoms with Crippen LogP contribution in [0.3, 0.4) is 0 Å². The normalized spacial score (nSPS) is 11.4. The van der Waals surface area contributed by atoms with Crippen molar-refractivity contribution in [3.63, 3.8) is 0 Å². The minimum absolute atomic E-state index is 0.0994. The van der Waals surface area contributed by atoms with Crippen LogP contribution in [0, 0.1) is 5.92 Å². The van der Waals surface area contributed by atoms with E-state index in [1.54, 1.807) is 0 Å². The van der Waals surface area contributed by atoms with Crippen LogP contribution in [0.5, 0.6) is 0 Å². The van der Waals surface area contributed by atoms with Crippen molar-refractivity contribution in [1.82, 2.24) is 0 Å². The number of rotatable bonds is 17. The molecule has 0 aromatic carbocycles. The molecule has 0 radical (unpaired) electrons. The molecule has 3 nitrogen and oxygen atoms in total. The summed E-state index contributed by atoms with van der Waals surface area (Å²) in [7, 11) is 0. The van der Waals surface area contributed by atoms with Crippen molar-refractivity contribution in [2.24, 2.45) is 5.92 Å². The van der Waals surface area contributed by atoms with Gasteiger partial charge in [-0.25, -0.2) is 0 Å². The molecule has 0 aromatic heterocycles. The first-order valence-corrected chi connectivity index (χ1v) is 9.17. The van der Waals surface area contributed by atoms with E-state index in [9.17, 15) is 0 Å². The minimum Gasteiger partial charge on any atom is -0.396 e. The van der Waals surface area contributed by atoms with Gasteiger partial charge < -0.3 is 15.3 Å². The zero-order chi connectivity index (χ0) is 15.6. The number of hydrogen-bond donors (Lipinski definition) is 3. The zero-order valence-corrected chi connectivity index (χ0v) is 13.9. The van der Waals surface area contributed by atoms with Crippen molar-refractivity contribution in [2.75, 3.05) is 19.8 Å². The maximum absolute atomic E-state index is 8.96. The van der Waals surface area contributed by atoms with Gasteiger partial charge >= 0.3 is 0 Å². The Balaban J connectivity index is 3.02. The summed E-state index contributed by atoms with van der Waals surface area (Å²) in [5, 5.41) is 26.6. The SMILES string of the molecule is OCCCCCCCCCCCCCCCC(CO)CO. The fourth-order valence-corrected chi connectivity index (χ4v) is 2.73. The molecule has 0 aliphatic carbocycles. The molecular formula is C18H38O3. The van der Waals surface area contributed by atoms with Gasteiger partial charge in [0.15, 0.2) is 0 Å². The molecule has 0 aliphatic heterocycles. The summed E-state index contributed by atoms with van der Waals surface area (Å²) in [6.45, 7) is 0.591. The van der Waals surface area contributed by atoms with Crippen molar-refractivity contribution in [2.45, 2.75) is 89.9 Å². The van der Waals surface area contributed by atoms with Crippen LogP contribution in [0.15, 0.2) is 0 Å². The first-order valence-electron chi connectivity index (χ1n) is 9.17. The van der Waals surface area contributed by atoms with Crippen molar-refractivity contribution in [1.29, 1.82) is 0 Å². The van der Waals surface area contributed by atoms with E-state index in [4.69, 9.17) is 15.3 Å². The molecule has 0 spiro atoms. The summed E-state index contributed by atoms with van der Waals surface area (Å²) < 4.78 is 0. The molecule has 0 saturated carbocycles. The highest BCUT2D eigenvalue weighted by Crippen LogP contribution is 2.14. The Bertz CT molecular complexity index is 181. The van der Waals surface area contributed by atoms with E-state index in [0.29, 0.717) is 6.61 Å². The third kappa shape index (κ3) is 16.1. The van der Waals surface area contributed by atoms with Crippen LogP contribution >= 0.6 is 0 Å². The van der Waals surface area contributed by atoms with Crippen LogP contribution < -0.4 is 0 Å². The highest BCUT2D eigenvalue weighted by Gasteiger charge is 2.04. The second-order valence-electron chi connectivity index (χ2n) is 6.34. The Hall–Kier alpha value is -0.120. The molecule has 0 amide bonds. The Morgan fingerprint density at radius 2 is 0.762 bits per heavy atom. The lowest BCUT2D eigenvalue weighted by atomic mass is 10.0. The number of unbranched alkanes of at least 4 members (excludes halogenated alkanes) is 12. The topological polar surface area (TPSA) is 60.7 Å². The van der Waals surface area contributed by atoms with E-state index in [1.165, 1.54) is 70.6 Å². The number of aliphatic hydroxyl groups excluding tert-OH is 3. The van der Waals surface area contributed by atoms with Crippen LogP contribution in [0.4, 0.5) is 0 Å². The molecule has 0 aromatic rings. The molecule has 0 atom stereocenters. The van der Waals surface area contributed by atoms with Gasteiger partial charge in [-0.3, -0.25) is 0 Å². The Labute approximate surface area is 131 Å². The van der Waals surface area contributed by atoms with Crippen LogP contribution in [-0.4, -0.2) is 35.1 Å². The molecule has 0 fully saturated rings. The largest absolute Gasteiger partial charge is 0.396 e. The van der Waals surface area contributed by atoms with Gasteiger partial charge in [0.25, 0.3) is 0 Å². The fourth-order valence-electron chi connectivity index (χ4n) is 2.73. The van der Waals surface area contributed by atoms with E-state index in [-0.39, 0.29) is 19.1 Å². The fraction of sp³-hybridized carbons (Fsp3) is 1.00. The van der Waals surface area contributed by atoms with Gasteiger partial charge in [0, 0.05) is 25.7 Å². The van der Waals surface area contributed by atoms with Gasteiger partial charge in [0.1, 0.15) is 0 Å².